The SMILES string of the molecule is Cc1cc(N[C@@H]2CCCN(C(=O)OC(C)(C)C)C2)nnc1-c1ccc(C(F)(F)F)cc1NS(C)(=O)=O. The van der Waals surface area contributed by atoms with Crippen LogP contribution in [0.3, 0.4) is 0 Å². The Morgan fingerprint density at radius 1 is 1.17 bits per heavy atom. The fourth-order valence-electron chi connectivity index (χ4n) is 3.83. The first-order valence-corrected chi connectivity index (χ1v) is 13.2. The number of carbonyl (C=O) groups is 1. The number of carbonyl (C=O) groups excluding carboxylic acids is 1. The molecule has 2 N–H and O–H groups in total. The number of nitrogens with one attached hydrogen (secondary N) is 2. The summed E-state index contributed by atoms with van der Waals surface area (Å²) in [6.07, 6.45) is -2.61. The third kappa shape index (κ3) is 7.45. The molecule has 13 heteroatoms. The van der Waals surface area contributed by atoms with Gasteiger partial charge in [0.15, 0.2) is 0 Å². The number of hydrogen-bond donors (Lipinski definition) is 2. The molecule has 3 rings (SSSR count). The van der Waals surface area contributed by atoms with E-state index in [9.17, 15) is 26.4 Å². The van der Waals surface area contributed by atoms with Gasteiger partial charge in [-0.15, -0.1) is 10.2 Å². The fraction of sp³-hybridized carbons (Fsp3) is 0.522. The van der Waals surface area contributed by atoms with Crippen molar-refractivity contribution >= 4 is 27.6 Å². The molecule has 0 unspecified atom stereocenters. The van der Waals surface area contributed by atoms with Crippen LogP contribution in [0.4, 0.5) is 29.5 Å². The minimum atomic E-state index is -4.64. The predicted molar refractivity (Wildman–Crippen MR) is 130 cm³/mol. The summed E-state index contributed by atoms with van der Waals surface area (Å²) in [6.45, 7) is 8.11. The van der Waals surface area contributed by atoms with Crippen LogP contribution in [0, 0.1) is 6.92 Å². The van der Waals surface area contributed by atoms with Gasteiger partial charge in [-0.1, -0.05) is 6.07 Å². The lowest BCUT2D eigenvalue weighted by Crippen LogP contribution is -2.47. The van der Waals surface area contributed by atoms with Crippen molar-refractivity contribution in [2.24, 2.45) is 0 Å². The first-order valence-electron chi connectivity index (χ1n) is 11.3. The number of ether oxygens (including phenoxy) is 1. The summed E-state index contributed by atoms with van der Waals surface area (Å²) in [5.41, 5.74) is -0.861. The van der Waals surface area contributed by atoms with E-state index in [2.05, 4.69) is 20.2 Å². The smallest absolute Gasteiger partial charge is 0.416 e. The number of halogens is 3. The molecule has 2 heterocycles. The molecule has 9 nitrogen and oxygen atoms in total. The summed E-state index contributed by atoms with van der Waals surface area (Å²) in [5, 5.41) is 11.6. The molecule has 1 amide bonds. The number of hydrogen-bond acceptors (Lipinski definition) is 7. The molecule has 1 atom stereocenters. The fourth-order valence-corrected chi connectivity index (χ4v) is 4.40. The van der Waals surface area contributed by atoms with Crippen LogP contribution in [-0.4, -0.2) is 60.6 Å². The number of alkyl halides is 3. The second-order valence-corrected chi connectivity index (χ2v) is 11.6. The molecular formula is C23H30F3N5O4S. The molecule has 36 heavy (non-hydrogen) atoms. The molecule has 1 aromatic carbocycles. The number of likely N-dealkylation sites (tertiary alicyclic amines) is 1. The summed E-state index contributed by atoms with van der Waals surface area (Å²) in [5.74, 6) is 0.428. The Morgan fingerprint density at radius 2 is 1.86 bits per heavy atom. The lowest BCUT2D eigenvalue weighted by atomic mass is 10.0. The van der Waals surface area contributed by atoms with E-state index in [1.807, 2.05) is 0 Å². The Kier molecular flexibility index (Phi) is 7.72. The molecule has 198 valence electrons. The highest BCUT2D eigenvalue weighted by Crippen LogP contribution is 2.36. The molecule has 1 aliphatic heterocycles. The number of benzene rings is 1. The van der Waals surface area contributed by atoms with Gasteiger partial charge in [-0.3, -0.25) is 4.72 Å². The Labute approximate surface area is 208 Å². The molecule has 0 spiro atoms. The number of nitrogens with zero attached hydrogens (tertiary/aromatic N) is 3. The maximum Gasteiger partial charge on any atom is 0.416 e. The molecular weight excluding hydrogens is 499 g/mol. The van der Waals surface area contributed by atoms with E-state index in [-0.39, 0.29) is 29.1 Å². The topological polar surface area (TPSA) is 114 Å². The van der Waals surface area contributed by atoms with E-state index in [1.165, 1.54) is 6.07 Å². The van der Waals surface area contributed by atoms with E-state index in [0.29, 0.717) is 24.5 Å². The number of amides is 1. The molecule has 2 aromatic rings. The quantitative estimate of drug-likeness (QED) is 0.579. The highest BCUT2D eigenvalue weighted by atomic mass is 32.2. The maximum absolute atomic E-state index is 13.2. The molecule has 1 saturated heterocycles. The predicted octanol–water partition coefficient (Wildman–Crippen LogP) is 4.65. The van der Waals surface area contributed by atoms with Gasteiger partial charge < -0.3 is 15.0 Å². The summed E-state index contributed by atoms with van der Waals surface area (Å²) in [6, 6.07) is 4.34. The van der Waals surface area contributed by atoms with Crippen molar-refractivity contribution < 1.29 is 31.1 Å². The van der Waals surface area contributed by atoms with Gasteiger partial charge in [0.05, 0.1) is 23.2 Å². The average Bonchev–Trinajstić information content (AvgIpc) is 2.71. The Bertz CT molecular complexity index is 1230. The Hall–Kier alpha value is -3.09. The number of aryl methyl sites for hydroxylation is 1. The first-order chi connectivity index (χ1) is 16.5. The second-order valence-electron chi connectivity index (χ2n) is 9.80. The van der Waals surface area contributed by atoms with Crippen molar-refractivity contribution in [3.63, 3.8) is 0 Å². The Balaban J connectivity index is 1.82. The van der Waals surface area contributed by atoms with Crippen LogP contribution in [-0.2, 0) is 20.9 Å². The van der Waals surface area contributed by atoms with Crippen LogP contribution in [0.25, 0.3) is 11.3 Å². The van der Waals surface area contributed by atoms with Gasteiger partial charge in [0.2, 0.25) is 10.0 Å². The van der Waals surface area contributed by atoms with Gasteiger partial charge in [0, 0.05) is 24.7 Å². The van der Waals surface area contributed by atoms with Crippen LogP contribution < -0.4 is 10.0 Å². The van der Waals surface area contributed by atoms with Crippen LogP contribution in [0.15, 0.2) is 24.3 Å². The van der Waals surface area contributed by atoms with Gasteiger partial charge in [0.1, 0.15) is 11.4 Å². The van der Waals surface area contributed by atoms with Crippen molar-refractivity contribution in [1.82, 2.24) is 15.1 Å². The molecule has 0 aliphatic carbocycles. The maximum atomic E-state index is 13.2. The number of anilines is 2. The van der Waals surface area contributed by atoms with Crippen LogP contribution in [0.1, 0.15) is 44.7 Å². The third-order valence-corrected chi connectivity index (χ3v) is 5.90. The van der Waals surface area contributed by atoms with E-state index in [0.717, 1.165) is 31.2 Å². The van der Waals surface area contributed by atoms with Crippen molar-refractivity contribution in [1.29, 1.82) is 0 Å². The number of aromatic nitrogens is 2. The third-order valence-electron chi connectivity index (χ3n) is 5.31. The van der Waals surface area contributed by atoms with E-state index < -0.39 is 27.4 Å². The van der Waals surface area contributed by atoms with Crippen molar-refractivity contribution in [2.75, 3.05) is 29.4 Å². The highest BCUT2D eigenvalue weighted by molar-refractivity contribution is 7.92. The minimum absolute atomic E-state index is 0.0978. The monoisotopic (exact) mass is 529 g/mol. The standard InChI is InChI=1S/C23H30F3N5O4S/c1-14-11-19(27-16-7-6-10-31(13-16)21(32)35-22(2,3)4)28-29-20(14)17-9-8-15(23(24,25)26)12-18(17)30-36(5,33)34/h8-9,11-12,16,30H,6-7,10,13H2,1-5H3,(H,27,28)/t16-/m1/s1. The number of sulfonamides is 1. The van der Waals surface area contributed by atoms with Gasteiger partial charge >= 0.3 is 12.3 Å². The summed E-state index contributed by atoms with van der Waals surface area (Å²) in [7, 11) is -3.85. The second kappa shape index (κ2) is 10.1. The summed E-state index contributed by atoms with van der Waals surface area (Å²) >= 11 is 0. The molecule has 0 saturated carbocycles. The normalized spacial score (nSPS) is 17.0. The zero-order valence-electron chi connectivity index (χ0n) is 20.7. The van der Waals surface area contributed by atoms with Crippen LogP contribution in [0.5, 0.6) is 0 Å². The average molecular weight is 530 g/mol. The van der Waals surface area contributed by atoms with Crippen molar-refractivity contribution in [3.8, 4) is 11.3 Å². The Morgan fingerprint density at radius 3 is 2.44 bits per heavy atom. The summed E-state index contributed by atoms with van der Waals surface area (Å²) in [4.78, 5) is 14.0. The molecule has 1 fully saturated rings. The van der Waals surface area contributed by atoms with Gasteiger partial charge in [-0.25, -0.2) is 13.2 Å². The van der Waals surface area contributed by atoms with Gasteiger partial charge in [0.25, 0.3) is 0 Å². The first kappa shape index (κ1) is 27.5. The minimum Gasteiger partial charge on any atom is -0.444 e. The lowest BCUT2D eigenvalue weighted by molar-refractivity contribution is -0.137. The summed E-state index contributed by atoms with van der Waals surface area (Å²) < 4.78 is 70.8. The number of piperidine rings is 1. The molecule has 0 bridgehead atoms. The van der Waals surface area contributed by atoms with E-state index in [4.69, 9.17) is 4.74 Å². The van der Waals surface area contributed by atoms with E-state index in [1.54, 1.807) is 38.7 Å². The molecule has 1 aromatic heterocycles. The lowest BCUT2D eigenvalue weighted by Gasteiger charge is -2.34. The van der Waals surface area contributed by atoms with E-state index >= 15 is 0 Å². The van der Waals surface area contributed by atoms with Crippen molar-refractivity contribution in [3.05, 3.63) is 35.4 Å². The van der Waals surface area contributed by atoms with Crippen molar-refractivity contribution in [2.45, 2.75) is 58.4 Å². The van der Waals surface area contributed by atoms with Gasteiger partial charge in [-0.05, 0) is 64.3 Å². The number of rotatable bonds is 5. The van der Waals surface area contributed by atoms with Gasteiger partial charge in [-0.2, -0.15) is 13.2 Å². The largest absolute Gasteiger partial charge is 0.444 e. The molecule has 0 radical (unpaired) electrons. The zero-order valence-corrected chi connectivity index (χ0v) is 21.5. The zero-order chi connectivity index (χ0) is 26.9. The highest BCUT2D eigenvalue weighted by Gasteiger charge is 2.32. The van der Waals surface area contributed by atoms with Crippen LogP contribution in [0.2, 0.25) is 0 Å². The molecule has 1 aliphatic rings. The van der Waals surface area contributed by atoms with Crippen LogP contribution >= 0.6 is 0 Å².